The Morgan fingerprint density at radius 2 is 1.24 bits per heavy atom. The van der Waals surface area contributed by atoms with Crippen LogP contribution in [0, 0.1) is 0 Å². The second kappa shape index (κ2) is 6.37. The van der Waals surface area contributed by atoms with E-state index in [9.17, 15) is 0 Å². The van der Waals surface area contributed by atoms with Gasteiger partial charge in [0, 0.05) is 21.5 Å². The van der Waals surface area contributed by atoms with E-state index in [1.165, 1.54) is 9.79 Å². The fourth-order valence-corrected chi connectivity index (χ4v) is 3.78. The lowest BCUT2D eigenvalue weighted by molar-refractivity contribution is 0.631. The molecule has 0 aliphatic heterocycles. The van der Waals surface area contributed by atoms with Crippen LogP contribution in [-0.4, -0.2) is 0 Å². The molecule has 0 saturated carbocycles. The number of thiol groups is 1. The Hall–Kier alpha value is -2.39. The lowest BCUT2D eigenvalue weighted by Crippen LogP contribution is -1.95. The van der Waals surface area contributed by atoms with E-state index in [0.29, 0.717) is 5.69 Å². The molecule has 0 amide bonds. The van der Waals surface area contributed by atoms with Gasteiger partial charge >= 0.3 is 0 Å². The summed E-state index contributed by atoms with van der Waals surface area (Å²) in [6.07, 6.45) is 0. The van der Waals surface area contributed by atoms with Gasteiger partial charge in [0.15, 0.2) is 0 Å². The summed E-state index contributed by atoms with van der Waals surface area (Å²) >= 11 is -0.895. The zero-order valence-corrected chi connectivity index (χ0v) is 12.4. The van der Waals surface area contributed by atoms with Gasteiger partial charge in [-0.05, 0) is 47.6 Å². The highest BCUT2D eigenvalue weighted by Crippen LogP contribution is 2.45. The summed E-state index contributed by atoms with van der Waals surface area (Å²) in [6, 6.07) is 28.2. The van der Waals surface area contributed by atoms with Crippen LogP contribution in [-0.2, 0) is 0 Å². The summed E-state index contributed by atoms with van der Waals surface area (Å²) in [4.78, 5) is 2.36. The van der Waals surface area contributed by atoms with Crippen molar-refractivity contribution in [3.63, 3.8) is 0 Å². The van der Waals surface area contributed by atoms with Crippen molar-refractivity contribution in [1.29, 1.82) is 0 Å². The molecule has 3 heteroatoms. The van der Waals surface area contributed by atoms with E-state index in [-0.39, 0.29) is 0 Å². The van der Waals surface area contributed by atoms with E-state index >= 15 is 0 Å². The standard InChI is InChI=1S/C18H17NOS/c19-15-8-7-9-16(14-15)20-21(17-10-3-1-4-11-17)18-12-5-2-6-13-18/h1-14,21H,19H2. The number of hydrogen-bond acceptors (Lipinski definition) is 2. The van der Waals surface area contributed by atoms with Crippen molar-refractivity contribution in [2.24, 2.45) is 0 Å². The number of nitrogen functional groups attached to an aromatic ring is 1. The Morgan fingerprint density at radius 3 is 1.76 bits per heavy atom. The van der Waals surface area contributed by atoms with Crippen molar-refractivity contribution in [2.45, 2.75) is 9.79 Å². The van der Waals surface area contributed by atoms with Crippen LogP contribution < -0.4 is 9.92 Å². The highest BCUT2D eigenvalue weighted by Gasteiger charge is 2.11. The van der Waals surface area contributed by atoms with Gasteiger partial charge in [0.1, 0.15) is 5.75 Å². The van der Waals surface area contributed by atoms with Gasteiger partial charge in [-0.3, -0.25) is 0 Å². The molecule has 21 heavy (non-hydrogen) atoms. The third-order valence-electron chi connectivity index (χ3n) is 3.04. The Kier molecular flexibility index (Phi) is 4.12. The number of nitrogens with two attached hydrogens (primary N) is 1. The molecule has 0 aromatic heterocycles. The van der Waals surface area contributed by atoms with Gasteiger partial charge in [-0.2, -0.15) is 0 Å². The molecule has 0 radical (unpaired) electrons. The van der Waals surface area contributed by atoms with E-state index in [1.54, 1.807) is 0 Å². The second-order valence-corrected chi connectivity index (χ2v) is 6.43. The first-order valence-corrected chi connectivity index (χ1v) is 8.02. The molecular weight excluding hydrogens is 278 g/mol. The molecule has 3 rings (SSSR count). The van der Waals surface area contributed by atoms with Gasteiger partial charge in [-0.25, -0.2) is 0 Å². The Morgan fingerprint density at radius 1 is 0.667 bits per heavy atom. The molecule has 2 N–H and O–H groups in total. The van der Waals surface area contributed by atoms with Crippen molar-refractivity contribution in [2.75, 3.05) is 5.73 Å². The van der Waals surface area contributed by atoms with Gasteiger partial charge in [0.25, 0.3) is 0 Å². The van der Waals surface area contributed by atoms with Gasteiger partial charge in [0.05, 0.1) is 0 Å². The van der Waals surface area contributed by atoms with Crippen molar-refractivity contribution < 1.29 is 4.18 Å². The maximum Gasteiger partial charge on any atom is 0.137 e. The van der Waals surface area contributed by atoms with Crippen molar-refractivity contribution in [3.05, 3.63) is 84.9 Å². The second-order valence-electron chi connectivity index (χ2n) is 4.63. The van der Waals surface area contributed by atoms with E-state index in [1.807, 2.05) is 60.7 Å². The van der Waals surface area contributed by atoms with Crippen LogP contribution >= 0.6 is 11.2 Å². The Labute approximate surface area is 127 Å². The Bertz CT molecular complexity index is 661. The number of hydrogen-bond donors (Lipinski definition) is 2. The third-order valence-corrected chi connectivity index (χ3v) is 4.96. The summed E-state index contributed by atoms with van der Waals surface area (Å²) in [6.45, 7) is 0. The third kappa shape index (κ3) is 3.38. The zero-order chi connectivity index (χ0) is 14.5. The first-order valence-electron chi connectivity index (χ1n) is 6.77. The molecule has 3 aromatic carbocycles. The van der Waals surface area contributed by atoms with Crippen LogP contribution in [0.3, 0.4) is 0 Å². The molecule has 3 aromatic rings. The largest absolute Gasteiger partial charge is 0.443 e. The average molecular weight is 295 g/mol. The minimum atomic E-state index is -0.895. The van der Waals surface area contributed by atoms with Crippen LogP contribution in [0.2, 0.25) is 0 Å². The van der Waals surface area contributed by atoms with E-state index in [4.69, 9.17) is 9.92 Å². The molecular formula is C18H17NOS. The predicted molar refractivity (Wildman–Crippen MR) is 89.9 cm³/mol. The average Bonchev–Trinajstić information content (AvgIpc) is 2.54. The molecule has 0 aliphatic carbocycles. The lowest BCUT2D eigenvalue weighted by Gasteiger charge is -2.23. The molecule has 2 nitrogen and oxygen atoms in total. The lowest BCUT2D eigenvalue weighted by atomic mass is 10.3. The van der Waals surface area contributed by atoms with E-state index < -0.39 is 11.2 Å². The minimum absolute atomic E-state index is 0.712. The van der Waals surface area contributed by atoms with Crippen molar-refractivity contribution in [3.8, 4) is 5.75 Å². The first kappa shape index (κ1) is 13.6. The maximum atomic E-state index is 6.25. The number of anilines is 1. The molecule has 0 aliphatic rings. The van der Waals surface area contributed by atoms with Gasteiger partial charge in [-0.1, -0.05) is 42.5 Å². The first-order chi connectivity index (χ1) is 10.3. The molecule has 0 heterocycles. The molecule has 106 valence electrons. The normalized spacial score (nSPS) is 11.0. The van der Waals surface area contributed by atoms with E-state index in [0.717, 1.165) is 5.75 Å². The fourth-order valence-electron chi connectivity index (χ4n) is 2.06. The summed E-state index contributed by atoms with van der Waals surface area (Å²) in [7, 11) is 0. The number of rotatable bonds is 4. The van der Waals surface area contributed by atoms with Crippen LogP contribution in [0.5, 0.6) is 5.75 Å². The molecule has 0 fully saturated rings. The molecule has 0 saturated heterocycles. The Balaban J connectivity index is 1.97. The highest BCUT2D eigenvalue weighted by molar-refractivity contribution is 8.13. The highest BCUT2D eigenvalue weighted by atomic mass is 32.2. The zero-order valence-electron chi connectivity index (χ0n) is 11.5. The summed E-state index contributed by atoms with van der Waals surface area (Å²) in [5.41, 5.74) is 6.55. The predicted octanol–water partition coefficient (Wildman–Crippen LogP) is 4.68. The SMILES string of the molecule is Nc1cccc(O[SH](c2ccccc2)c2ccccc2)c1. The minimum Gasteiger partial charge on any atom is -0.443 e. The molecule has 0 atom stereocenters. The van der Waals surface area contributed by atoms with Crippen LogP contribution in [0.15, 0.2) is 94.7 Å². The van der Waals surface area contributed by atoms with Gasteiger partial charge in [0.2, 0.25) is 0 Å². The summed E-state index contributed by atoms with van der Waals surface area (Å²) in [5.74, 6) is 0.800. The number of benzene rings is 3. The van der Waals surface area contributed by atoms with Crippen LogP contribution in [0.25, 0.3) is 0 Å². The van der Waals surface area contributed by atoms with Crippen molar-refractivity contribution in [1.82, 2.24) is 0 Å². The van der Waals surface area contributed by atoms with Gasteiger partial charge in [-0.15, -0.1) is 0 Å². The van der Waals surface area contributed by atoms with Crippen molar-refractivity contribution >= 4 is 16.9 Å². The van der Waals surface area contributed by atoms with E-state index in [2.05, 4.69) is 24.3 Å². The van der Waals surface area contributed by atoms with Crippen LogP contribution in [0.1, 0.15) is 0 Å². The molecule has 0 unspecified atom stereocenters. The topological polar surface area (TPSA) is 35.2 Å². The summed E-state index contributed by atoms with van der Waals surface area (Å²) in [5, 5.41) is 0. The molecule has 0 spiro atoms. The quantitative estimate of drug-likeness (QED) is 0.541. The summed E-state index contributed by atoms with van der Waals surface area (Å²) < 4.78 is 6.25. The van der Waals surface area contributed by atoms with Crippen LogP contribution in [0.4, 0.5) is 5.69 Å². The fraction of sp³-hybridized carbons (Fsp3) is 0. The van der Waals surface area contributed by atoms with Gasteiger partial charge < -0.3 is 9.92 Å². The monoisotopic (exact) mass is 295 g/mol. The smallest absolute Gasteiger partial charge is 0.137 e. The molecule has 0 bridgehead atoms. The maximum absolute atomic E-state index is 6.25.